The Labute approximate surface area is 50.6 Å². The zero-order chi connectivity index (χ0) is 5.70. The van der Waals surface area contributed by atoms with Crippen LogP contribution in [0.15, 0.2) is 0 Å². The van der Waals surface area contributed by atoms with Gasteiger partial charge < -0.3 is 15.3 Å². The normalized spacial score (nSPS) is 9.00. The number of hydrogen-bond donors (Lipinski definition) is 2. The van der Waals surface area contributed by atoms with E-state index in [4.69, 9.17) is 9.79 Å². The molecule has 0 saturated carbocycles. The molecule has 0 aliphatic rings. The molecule has 0 radical (unpaired) electrons. The van der Waals surface area contributed by atoms with E-state index in [1.807, 2.05) is 6.92 Å². The van der Waals surface area contributed by atoms with Crippen molar-refractivity contribution in [3.8, 4) is 0 Å². The van der Waals surface area contributed by atoms with Crippen LogP contribution in [0.1, 0.15) is 19.8 Å². The fourth-order valence-electron chi connectivity index (χ4n) is 0.300. The maximum absolute atomic E-state index is 8.30. The van der Waals surface area contributed by atoms with Crippen molar-refractivity contribution >= 4 is 8.38 Å². The minimum absolute atomic E-state index is 0. The van der Waals surface area contributed by atoms with Crippen LogP contribution in [0.4, 0.5) is 0 Å². The highest BCUT2D eigenvalue weighted by molar-refractivity contribution is 7.45. The number of rotatable bonds is 3. The van der Waals surface area contributed by atoms with Gasteiger partial charge in [-0.15, -0.1) is 0 Å². The van der Waals surface area contributed by atoms with Crippen molar-refractivity contribution in [1.82, 2.24) is 0 Å². The third-order valence-electron chi connectivity index (χ3n) is 0.712. The summed E-state index contributed by atoms with van der Waals surface area (Å²) in [6.45, 7) is 2.03. The summed E-state index contributed by atoms with van der Waals surface area (Å²) in [5, 5.41) is 0. The minimum Gasteiger partial charge on any atom is -0.412 e. The van der Waals surface area contributed by atoms with Crippen molar-refractivity contribution in [2.45, 2.75) is 19.8 Å². The molecule has 0 aromatic heterocycles. The predicted molar refractivity (Wildman–Crippen MR) is 34.7 cm³/mol. The van der Waals surface area contributed by atoms with Gasteiger partial charge in [0.2, 0.25) is 0 Å². The Kier molecular flexibility index (Phi) is 10.2. The summed E-state index contributed by atoms with van der Waals surface area (Å²) in [6, 6.07) is 0. The Bertz CT molecular complexity index is 40.3. The van der Waals surface area contributed by atoms with Crippen molar-refractivity contribution in [3.63, 3.8) is 0 Å². The molecule has 4 N–H and O–H groups in total. The third kappa shape index (κ3) is 9.58. The van der Waals surface area contributed by atoms with Crippen LogP contribution >= 0.6 is 8.38 Å². The Morgan fingerprint density at radius 3 is 2.00 bits per heavy atom. The Morgan fingerprint density at radius 2 is 1.88 bits per heavy atom. The molecule has 4 heteroatoms. The molecule has 0 bridgehead atoms. The van der Waals surface area contributed by atoms with Crippen LogP contribution < -0.4 is 0 Å². The standard InChI is InChI=1S/C4H11O2P.H2O/c1-2-3-4-7(5)6;/h5-6H,2-4H2,1H3;1H2. The maximum atomic E-state index is 8.30. The van der Waals surface area contributed by atoms with Crippen LogP contribution in [-0.4, -0.2) is 21.4 Å². The zero-order valence-electron chi connectivity index (χ0n) is 4.96. The molecule has 0 atom stereocenters. The monoisotopic (exact) mass is 140 g/mol. The van der Waals surface area contributed by atoms with Crippen LogP contribution in [0.2, 0.25) is 0 Å². The van der Waals surface area contributed by atoms with Gasteiger partial charge >= 0.3 is 0 Å². The van der Waals surface area contributed by atoms with Crippen LogP contribution in [0.5, 0.6) is 0 Å². The molecule has 0 heterocycles. The molecule has 0 fully saturated rings. The van der Waals surface area contributed by atoms with E-state index < -0.39 is 8.38 Å². The molecule has 0 aliphatic heterocycles. The summed E-state index contributed by atoms with van der Waals surface area (Å²) < 4.78 is 0. The van der Waals surface area contributed by atoms with E-state index >= 15 is 0 Å². The largest absolute Gasteiger partial charge is 0.412 e. The summed E-state index contributed by atoms with van der Waals surface area (Å²) in [7, 11) is -1.61. The molecule has 0 saturated heterocycles. The molecule has 0 amide bonds. The summed E-state index contributed by atoms with van der Waals surface area (Å²) >= 11 is 0. The van der Waals surface area contributed by atoms with E-state index in [0.29, 0.717) is 6.16 Å². The van der Waals surface area contributed by atoms with Crippen LogP contribution in [0.3, 0.4) is 0 Å². The smallest absolute Gasteiger partial charge is 0.164 e. The second-order valence-electron chi connectivity index (χ2n) is 1.45. The van der Waals surface area contributed by atoms with Gasteiger partial charge in [-0.2, -0.15) is 0 Å². The van der Waals surface area contributed by atoms with Gasteiger partial charge in [0, 0.05) is 6.16 Å². The van der Waals surface area contributed by atoms with Gasteiger partial charge in [0.15, 0.2) is 8.38 Å². The highest BCUT2D eigenvalue weighted by Gasteiger charge is 1.93. The molecule has 0 aromatic rings. The topological polar surface area (TPSA) is 72.0 Å². The molecule has 0 rings (SSSR count). The maximum Gasteiger partial charge on any atom is 0.164 e. The van der Waals surface area contributed by atoms with Gasteiger partial charge in [-0.05, 0) is 6.42 Å². The Morgan fingerprint density at radius 1 is 1.38 bits per heavy atom. The molecular weight excluding hydrogens is 127 g/mol. The SMILES string of the molecule is CCCCP(O)O.O. The average Bonchev–Trinajstić information content (AvgIpc) is 1.61. The molecule has 0 aliphatic carbocycles. The Balaban J connectivity index is 0. The van der Waals surface area contributed by atoms with E-state index in [1.165, 1.54) is 0 Å². The first-order valence-electron chi connectivity index (χ1n) is 2.42. The molecule has 0 unspecified atom stereocenters. The van der Waals surface area contributed by atoms with Crippen LogP contribution in [0, 0.1) is 0 Å². The van der Waals surface area contributed by atoms with Gasteiger partial charge in [0.1, 0.15) is 0 Å². The van der Waals surface area contributed by atoms with Crippen molar-refractivity contribution in [2.24, 2.45) is 0 Å². The van der Waals surface area contributed by atoms with Crippen LogP contribution in [-0.2, 0) is 0 Å². The second kappa shape index (κ2) is 7.31. The molecule has 0 spiro atoms. The predicted octanol–water partition coefficient (Wildman–Crippen LogP) is 0.258. The molecule has 3 nitrogen and oxygen atoms in total. The highest BCUT2D eigenvalue weighted by Crippen LogP contribution is 2.23. The van der Waals surface area contributed by atoms with Gasteiger partial charge in [-0.3, -0.25) is 0 Å². The summed E-state index contributed by atoms with van der Waals surface area (Å²) in [6.07, 6.45) is 2.55. The first-order valence-corrected chi connectivity index (χ1v) is 3.86. The van der Waals surface area contributed by atoms with Gasteiger partial charge in [-0.25, -0.2) is 0 Å². The van der Waals surface area contributed by atoms with Crippen molar-refractivity contribution in [3.05, 3.63) is 0 Å². The lowest BCUT2D eigenvalue weighted by Gasteiger charge is -1.96. The van der Waals surface area contributed by atoms with Crippen molar-refractivity contribution < 1.29 is 15.3 Å². The summed E-state index contributed by atoms with van der Waals surface area (Å²) in [5.74, 6) is 0. The number of hydrogen-bond acceptors (Lipinski definition) is 2. The van der Waals surface area contributed by atoms with E-state index in [-0.39, 0.29) is 5.48 Å². The highest BCUT2D eigenvalue weighted by atomic mass is 31.2. The first kappa shape index (κ1) is 11.2. The van der Waals surface area contributed by atoms with Gasteiger partial charge in [0.05, 0.1) is 0 Å². The van der Waals surface area contributed by atoms with E-state index in [9.17, 15) is 0 Å². The average molecular weight is 140 g/mol. The lowest BCUT2D eigenvalue weighted by atomic mass is 10.4. The second-order valence-corrected chi connectivity index (χ2v) is 2.64. The molecular formula is C4H13O3P. The van der Waals surface area contributed by atoms with Crippen LogP contribution in [0.25, 0.3) is 0 Å². The van der Waals surface area contributed by atoms with Gasteiger partial charge in [0.25, 0.3) is 0 Å². The van der Waals surface area contributed by atoms with E-state index in [1.54, 1.807) is 0 Å². The Hall–Kier alpha value is 0.310. The molecule has 52 valence electrons. The molecule has 0 aromatic carbocycles. The van der Waals surface area contributed by atoms with E-state index in [0.717, 1.165) is 12.8 Å². The summed E-state index contributed by atoms with van der Waals surface area (Å²) in [5.41, 5.74) is 0. The van der Waals surface area contributed by atoms with E-state index in [2.05, 4.69) is 0 Å². The summed E-state index contributed by atoms with van der Waals surface area (Å²) in [4.78, 5) is 16.6. The van der Waals surface area contributed by atoms with Crippen molar-refractivity contribution in [1.29, 1.82) is 0 Å². The fourth-order valence-corrected chi connectivity index (χ4v) is 0.899. The minimum atomic E-state index is -1.61. The zero-order valence-corrected chi connectivity index (χ0v) is 5.86. The first-order chi connectivity index (χ1) is 3.27. The van der Waals surface area contributed by atoms with Crippen molar-refractivity contribution in [2.75, 3.05) is 6.16 Å². The third-order valence-corrected chi connectivity index (χ3v) is 1.43. The number of unbranched alkanes of at least 4 members (excludes halogenated alkanes) is 1. The lowest BCUT2D eigenvalue weighted by Crippen LogP contribution is -1.78. The quantitative estimate of drug-likeness (QED) is 0.552. The van der Waals surface area contributed by atoms with Gasteiger partial charge in [-0.1, -0.05) is 13.3 Å². The molecule has 8 heavy (non-hydrogen) atoms. The fraction of sp³-hybridized carbons (Fsp3) is 1.00. The lowest BCUT2D eigenvalue weighted by molar-refractivity contribution is 0.480.